The van der Waals surface area contributed by atoms with Crippen LogP contribution in [0.2, 0.25) is 10.0 Å². The summed E-state index contributed by atoms with van der Waals surface area (Å²) in [4.78, 5) is 11.1. The minimum atomic E-state index is -0.600. The van der Waals surface area contributed by atoms with Gasteiger partial charge in [0.25, 0.3) is 0 Å². The molecular formula is C14H11Cl2FN2O. The second kappa shape index (κ2) is 6.11. The molecule has 6 heteroatoms. The van der Waals surface area contributed by atoms with Gasteiger partial charge in [0.15, 0.2) is 0 Å². The summed E-state index contributed by atoms with van der Waals surface area (Å²) >= 11 is 11.7. The number of hydrogen-bond acceptors (Lipinski definition) is 2. The van der Waals surface area contributed by atoms with Crippen LogP contribution in [-0.4, -0.2) is 5.91 Å². The summed E-state index contributed by atoms with van der Waals surface area (Å²) in [5, 5.41) is 3.94. The molecule has 0 fully saturated rings. The van der Waals surface area contributed by atoms with Crippen LogP contribution in [-0.2, 0) is 6.54 Å². The van der Waals surface area contributed by atoms with Crippen LogP contribution in [0.25, 0.3) is 0 Å². The molecule has 3 N–H and O–H groups in total. The zero-order valence-corrected chi connectivity index (χ0v) is 11.8. The maximum absolute atomic E-state index is 13.7. The van der Waals surface area contributed by atoms with Crippen LogP contribution in [0, 0.1) is 5.82 Å². The van der Waals surface area contributed by atoms with E-state index < -0.39 is 11.7 Å². The fourth-order valence-corrected chi connectivity index (χ4v) is 2.24. The van der Waals surface area contributed by atoms with Crippen molar-refractivity contribution in [3.8, 4) is 0 Å². The van der Waals surface area contributed by atoms with Crippen molar-refractivity contribution in [3.63, 3.8) is 0 Å². The summed E-state index contributed by atoms with van der Waals surface area (Å²) in [6.45, 7) is 0.184. The molecule has 2 aromatic carbocycles. The largest absolute Gasteiger partial charge is 0.381 e. The highest BCUT2D eigenvalue weighted by atomic mass is 35.5. The number of nitrogens with one attached hydrogen (secondary N) is 1. The molecule has 0 saturated carbocycles. The van der Waals surface area contributed by atoms with Gasteiger partial charge in [0.05, 0.1) is 0 Å². The van der Waals surface area contributed by atoms with Crippen LogP contribution >= 0.6 is 23.2 Å². The van der Waals surface area contributed by atoms with Gasteiger partial charge in [0.2, 0.25) is 5.91 Å². The number of benzene rings is 2. The summed E-state index contributed by atoms with van der Waals surface area (Å²) in [5.41, 5.74) is 6.41. The van der Waals surface area contributed by atoms with Crippen LogP contribution in [0.3, 0.4) is 0 Å². The summed E-state index contributed by atoms with van der Waals surface area (Å²) in [6, 6.07) is 8.91. The van der Waals surface area contributed by atoms with Crippen molar-refractivity contribution in [3.05, 3.63) is 63.4 Å². The van der Waals surface area contributed by atoms with E-state index >= 15 is 0 Å². The molecule has 0 heterocycles. The van der Waals surface area contributed by atoms with Crippen LogP contribution in [0.15, 0.2) is 36.4 Å². The maximum atomic E-state index is 13.7. The number of amides is 1. The van der Waals surface area contributed by atoms with Crippen LogP contribution in [0.5, 0.6) is 0 Å². The Balaban J connectivity index is 2.18. The van der Waals surface area contributed by atoms with E-state index in [4.69, 9.17) is 28.9 Å². The second-order valence-corrected chi connectivity index (χ2v) is 5.05. The SMILES string of the molecule is NC(=O)c1ccc(F)c(CNc2cc(Cl)cc(Cl)c2)c1. The Morgan fingerprint density at radius 1 is 1.15 bits per heavy atom. The Bertz CT molecular complexity index is 641. The smallest absolute Gasteiger partial charge is 0.248 e. The minimum absolute atomic E-state index is 0.184. The fraction of sp³-hybridized carbons (Fsp3) is 0.0714. The van der Waals surface area contributed by atoms with E-state index in [1.165, 1.54) is 18.2 Å². The van der Waals surface area contributed by atoms with Crippen molar-refractivity contribution in [1.29, 1.82) is 0 Å². The molecule has 20 heavy (non-hydrogen) atoms. The number of rotatable bonds is 4. The average molecular weight is 313 g/mol. The first-order valence-corrected chi connectivity index (χ1v) is 6.49. The van der Waals surface area contributed by atoms with E-state index in [0.29, 0.717) is 21.3 Å². The Labute approximate surface area is 125 Å². The second-order valence-electron chi connectivity index (χ2n) is 4.18. The average Bonchev–Trinajstić information content (AvgIpc) is 2.36. The summed E-state index contributed by atoms with van der Waals surface area (Å²) in [7, 11) is 0. The number of anilines is 1. The first-order chi connectivity index (χ1) is 9.45. The number of nitrogens with two attached hydrogens (primary N) is 1. The molecular weight excluding hydrogens is 302 g/mol. The molecule has 0 aromatic heterocycles. The molecule has 0 aliphatic carbocycles. The van der Waals surface area contributed by atoms with Gasteiger partial charge in [-0.1, -0.05) is 23.2 Å². The van der Waals surface area contributed by atoms with E-state index in [-0.39, 0.29) is 12.1 Å². The lowest BCUT2D eigenvalue weighted by Crippen LogP contribution is -2.12. The predicted molar refractivity (Wildman–Crippen MR) is 78.7 cm³/mol. The molecule has 0 unspecified atom stereocenters. The number of hydrogen-bond donors (Lipinski definition) is 2. The third kappa shape index (κ3) is 3.62. The molecule has 2 aromatic rings. The van der Waals surface area contributed by atoms with Crippen LogP contribution in [0.1, 0.15) is 15.9 Å². The molecule has 0 atom stereocenters. The van der Waals surface area contributed by atoms with Gasteiger partial charge >= 0.3 is 0 Å². The molecule has 0 saturated heterocycles. The van der Waals surface area contributed by atoms with Crippen molar-refractivity contribution in [1.82, 2.24) is 0 Å². The Hall–Kier alpha value is -1.78. The van der Waals surface area contributed by atoms with Gasteiger partial charge in [-0.3, -0.25) is 4.79 Å². The Morgan fingerprint density at radius 3 is 2.40 bits per heavy atom. The van der Waals surface area contributed by atoms with E-state index in [1.807, 2.05) is 0 Å². The van der Waals surface area contributed by atoms with E-state index in [1.54, 1.807) is 18.2 Å². The highest BCUT2D eigenvalue weighted by Gasteiger charge is 2.07. The third-order valence-corrected chi connectivity index (χ3v) is 3.11. The van der Waals surface area contributed by atoms with E-state index in [0.717, 1.165) is 0 Å². The maximum Gasteiger partial charge on any atom is 0.248 e. The number of carbonyl (C=O) groups excluding carboxylic acids is 1. The van der Waals surface area contributed by atoms with Gasteiger partial charge in [-0.15, -0.1) is 0 Å². The highest BCUT2D eigenvalue weighted by molar-refractivity contribution is 6.35. The number of carbonyl (C=O) groups is 1. The molecule has 0 aliphatic heterocycles. The monoisotopic (exact) mass is 312 g/mol. The van der Waals surface area contributed by atoms with Crippen LogP contribution < -0.4 is 11.1 Å². The molecule has 0 bridgehead atoms. The standard InChI is InChI=1S/C14H11Cl2FN2O/c15-10-4-11(16)6-12(5-10)19-7-9-3-8(14(18)20)1-2-13(9)17/h1-6,19H,7H2,(H2,18,20). The number of primary amides is 1. The molecule has 104 valence electrons. The van der Waals surface area contributed by atoms with Gasteiger partial charge in [-0.2, -0.15) is 0 Å². The zero-order valence-electron chi connectivity index (χ0n) is 10.3. The lowest BCUT2D eigenvalue weighted by molar-refractivity contribution is 0.1000. The quantitative estimate of drug-likeness (QED) is 0.901. The van der Waals surface area contributed by atoms with E-state index in [2.05, 4.69) is 5.32 Å². The van der Waals surface area contributed by atoms with Gasteiger partial charge in [0, 0.05) is 33.4 Å². The van der Waals surface area contributed by atoms with Crippen molar-refractivity contribution >= 4 is 34.8 Å². The summed E-state index contributed by atoms with van der Waals surface area (Å²) < 4.78 is 13.7. The van der Waals surface area contributed by atoms with Crippen molar-refractivity contribution in [2.24, 2.45) is 5.73 Å². The normalized spacial score (nSPS) is 10.3. The van der Waals surface area contributed by atoms with E-state index in [9.17, 15) is 9.18 Å². The van der Waals surface area contributed by atoms with Crippen molar-refractivity contribution < 1.29 is 9.18 Å². The predicted octanol–water partition coefficient (Wildman–Crippen LogP) is 3.84. The molecule has 0 radical (unpaired) electrons. The Morgan fingerprint density at radius 2 is 1.80 bits per heavy atom. The van der Waals surface area contributed by atoms with Crippen LogP contribution in [0.4, 0.5) is 10.1 Å². The third-order valence-electron chi connectivity index (χ3n) is 2.68. The van der Waals surface area contributed by atoms with Gasteiger partial charge in [-0.05, 0) is 36.4 Å². The van der Waals surface area contributed by atoms with Crippen molar-refractivity contribution in [2.75, 3.05) is 5.32 Å². The summed E-state index contributed by atoms with van der Waals surface area (Å²) in [5.74, 6) is -1.02. The van der Waals surface area contributed by atoms with Crippen molar-refractivity contribution in [2.45, 2.75) is 6.54 Å². The highest BCUT2D eigenvalue weighted by Crippen LogP contribution is 2.23. The molecule has 0 aliphatic rings. The molecule has 3 nitrogen and oxygen atoms in total. The first kappa shape index (κ1) is 14.6. The lowest BCUT2D eigenvalue weighted by atomic mass is 10.1. The molecule has 2 rings (SSSR count). The summed E-state index contributed by atoms with van der Waals surface area (Å²) in [6.07, 6.45) is 0. The topological polar surface area (TPSA) is 55.1 Å². The van der Waals surface area contributed by atoms with Gasteiger partial charge in [-0.25, -0.2) is 4.39 Å². The lowest BCUT2D eigenvalue weighted by Gasteiger charge is -2.09. The number of halogens is 3. The zero-order chi connectivity index (χ0) is 14.7. The Kier molecular flexibility index (Phi) is 4.47. The fourth-order valence-electron chi connectivity index (χ4n) is 1.72. The van der Waals surface area contributed by atoms with Gasteiger partial charge in [0.1, 0.15) is 5.82 Å². The first-order valence-electron chi connectivity index (χ1n) is 5.74. The molecule has 0 spiro atoms. The minimum Gasteiger partial charge on any atom is -0.381 e. The molecule has 1 amide bonds. The van der Waals surface area contributed by atoms with Gasteiger partial charge < -0.3 is 11.1 Å².